The SMILES string of the molecule is COc1cc(/C=N\NC(=O)[C@@H](Cc2cnc[nH]2)NC(=O)OCc2ccccc2)ccc1OCc1cccc(F)c1. The van der Waals surface area contributed by atoms with Gasteiger partial charge >= 0.3 is 6.09 Å². The van der Waals surface area contributed by atoms with E-state index in [2.05, 4.69) is 25.8 Å². The highest BCUT2D eigenvalue weighted by Gasteiger charge is 2.22. The molecule has 0 aliphatic carbocycles. The Hall–Kier alpha value is -5.19. The monoisotopic (exact) mass is 545 g/mol. The van der Waals surface area contributed by atoms with Gasteiger partial charge in [-0.3, -0.25) is 4.79 Å². The van der Waals surface area contributed by atoms with Gasteiger partial charge in [-0.15, -0.1) is 0 Å². The van der Waals surface area contributed by atoms with Crippen molar-refractivity contribution in [2.24, 2.45) is 5.10 Å². The number of halogens is 1. The van der Waals surface area contributed by atoms with Crippen LogP contribution in [0.15, 0.2) is 90.4 Å². The molecule has 3 aromatic carbocycles. The van der Waals surface area contributed by atoms with Crippen molar-refractivity contribution in [1.82, 2.24) is 20.7 Å². The highest BCUT2D eigenvalue weighted by Crippen LogP contribution is 2.28. The van der Waals surface area contributed by atoms with Gasteiger partial charge in [0.15, 0.2) is 11.5 Å². The van der Waals surface area contributed by atoms with Crippen molar-refractivity contribution in [2.45, 2.75) is 25.7 Å². The van der Waals surface area contributed by atoms with Gasteiger partial charge in [0.25, 0.3) is 5.91 Å². The summed E-state index contributed by atoms with van der Waals surface area (Å²) >= 11 is 0. The summed E-state index contributed by atoms with van der Waals surface area (Å²) in [6.07, 6.45) is 3.87. The van der Waals surface area contributed by atoms with Crippen molar-refractivity contribution in [3.05, 3.63) is 114 Å². The molecule has 0 aliphatic rings. The van der Waals surface area contributed by atoms with Gasteiger partial charge in [0.05, 0.1) is 19.7 Å². The summed E-state index contributed by atoms with van der Waals surface area (Å²) in [5.41, 5.74) is 5.21. The maximum Gasteiger partial charge on any atom is 0.408 e. The van der Waals surface area contributed by atoms with E-state index in [-0.39, 0.29) is 25.5 Å². The van der Waals surface area contributed by atoms with Gasteiger partial charge in [-0.2, -0.15) is 5.10 Å². The van der Waals surface area contributed by atoms with Crippen LogP contribution in [0.25, 0.3) is 0 Å². The van der Waals surface area contributed by atoms with Gasteiger partial charge in [0.2, 0.25) is 0 Å². The number of imidazole rings is 1. The number of nitrogens with one attached hydrogen (secondary N) is 3. The third kappa shape index (κ3) is 8.42. The van der Waals surface area contributed by atoms with Crippen LogP contribution < -0.4 is 20.2 Å². The number of carbonyl (C=O) groups excluding carboxylic acids is 2. The third-order valence-corrected chi connectivity index (χ3v) is 5.66. The number of carbonyl (C=O) groups is 2. The van der Waals surface area contributed by atoms with E-state index >= 15 is 0 Å². The molecule has 0 radical (unpaired) electrons. The number of benzene rings is 3. The van der Waals surface area contributed by atoms with Crippen molar-refractivity contribution in [2.75, 3.05) is 7.11 Å². The maximum absolute atomic E-state index is 13.4. The molecule has 206 valence electrons. The predicted octanol–water partition coefficient (Wildman–Crippen LogP) is 4.12. The van der Waals surface area contributed by atoms with Crippen molar-refractivity contribution < 1.29 is 28.2 Å². The lowest BCUT2D eigenvalue weighted by Gasteiger charge is -2.16. The zero-order chi connectivity index (χ0) is 28.2. The number of ether oxygens (including phenoxy) is 3. The molecular weight excluding hydrogens is 517 g/mol. The molecule has 40 heavy (non-hydrogen) atoms. The average molecular weight is 546 g/mol. The number of hydrazone groups is 1. The molecule has 0 fully saturated rings. The number of hydrogen-bond donors (Lipinski definition) is 3. The van der Waals surface area contributed by atoms with E-state index in [1.165, 1.54) is 31.8 Å². The molecule has 4 aromatic rings. The van der Waals surface area contributed by atoms with Crippen molar-refractivity contribution in [3.8, 4) is 11.5 Å². The summed E-state index contributed by atoms with van der Waals surface area (Å²) in [6.45, 7) is 0.225. The van der Waals surface area contributed by atoms with E-state index in [4.69, 9.17) is 14.2 Å². The van der Waals surface area contributed by atoms with Crippen LogP contribution in [0, 0.1) is 5.82 Å². The summed E-state index contributed by atoms with van der Waals surface area (Å²) in [7, 11) is 1.50. The Bertz CT molecular complexity index is 1430. The highest BCUT2D eigenvalue weighted by molar-refractivity contribution is 5.87. The first kappa shape index (κ1) is 27.8. The van der Waals surface area contributed by atoms with Crippen LogP contribution in [-0.4, -0.2) is 41.3 Å². The average Bonchev–Trinajstić information content (AvgIpc) is 3.48. The van der Waals surface area contributed by atoms with Crippen molar-refractivity contribution in [1.29, 1.82) is 0 Å². The fourth-order valence-electron chi connectivity index (χ4n) is 3.65. The first-order chi connectivity index (χ1) is 19.5. The number of aromatic amines is 1. The Balaban J connectivity index is 1.35. The molecule has 0 spiro atoms. The molecule has 3 N–H and O–H groups in total. The number of amides is 2. The zero-order valence-electron chi connectivity index (χ0n) is 21.7. The standard InChI is InChI=1S/C29H28FN5O5/c1-38-27-13-21(10-11-26(27)39-18-22-8-5-9-23(30)12-22)15-33-35-28(36)25(14-24-16-31-19-32-24)34-29(37)40-17-20-6-3-2-4-7-20/h2-13,15-16,19,25H,14,17-18H2,1H3,(H,31,32)(H,34,37)(H,35,36)/b33-15-/t25-/m1/s1. The molecule has 1 atom stereocenters. The molecular formula is C29H28FN5O5. The summed E-state index contributed by atoms with van der Waals surface area (Å²) in [4.78, 5) is 32.1. The second-order valence-corrected chi connectivity index (χ2v) is 8.60. The lowest BCUT2D eigenvalue weighted by Crippen LogP contribution is -2.47. The summed E-state index contributed by atoms with van der Waals surface area (Å²) in [5, 5.41) is 6.60. The second-order valence-electron chi connectivity index (χ2n) is 8.60. The molecule has 0 bridgehead atoms. The molecule has 2 amide bonds. The van der Waals surface area contributed by atoms with Gasteiger partial charge in [-0.05, 0) is 47.0 Å². The van der Waals surface area contributed by atoms with Crippen LogP contribution in [0.3, 0.4) is 0 Å². The maximum atomic E-state index is 13.4. The fourth-order valence-corrected chi connectivity index (χ4v) is 3.65. The van der Waals surface area contributed by atoms with Crippen LogP contribution in [0.2, 0.25) is 0 Å². The van der Waals surface area contributed by atoms with Gasteiger partial charge in [0, 0.05) is 18.3 Å². The number of methoxy groups -OCH3 is 1. The molecule has 0 aliphatic heterocycles. The Morgan fingerprint density at radius 3 is 2.60 bits per heavy atom. The molecule has 1 heterocycles. The number of H-pyrrole nitrogens is 1. The van der Waals surface area contributed by atoms with Crippen LogP contribution in [0.5, 0.6) is 11.5 Å². The lowest BCUT2D eigenvalue weighted by atomic mass is 10.1. The highest BCUT2D eigenvalue weighted by atomic mass is 19.1. The van der Waals surface area contributed by atoms with Gasteiger partial charge in [-0.25, -0.2) is 19.6 Å². The van der Waals surface area contributed by atoms with E-state index in [1.54, 1.807) is 36.5 Å². The van der Waals surface area contributed by atoms with Crippen molar-refractivity contribution >= 4 is 18.2 Å². The molecule has 0 saturated carbocycles. The lowest BCUT2D eigenvalue weighted by molar-refractivity contribution is -0.123. The van der Waals surface area contributed by atoms with E-state index in [1.807, 2.05) is 30.3 Å². The Morgan fingerprint density at radius 2 is 1.85 bits per heavy atom. The number of rotatable bonds is 12. The van der Waals surface area contributed by atoms with Crippen LogP contribution in [-0.2, 0) is 29.2 Å². The third-order valence-electron chi connectivity index (χ3n) is 5.66. The molecule has 0 saturated heterocycles. The Morgan fingerprint density at radius 1 is 1.02 bits per heavy atom. The van der Waals surface area contributed by atoms with Crippen molar-refractivity contribution in [3.63, 3.8) is 0 Å². The first-order valence-corrected chi connectivity index (χ1v) is 12.3. The smallest absolute Gasteiger partial charge is 0.408 e. The fraction of sp³-hybridized carbons (Fsp3) is 0.172. The predicted molar refractivity (Wildman–Crippen MR) is 145 cm³/mol. The minimum atomic E-state index is -0.978. The van der Waals surface area contributed by atoms with Crippen LogP contribution in [0.1, 0.15) is 22.4 Å². The summed E-state index contributed by atoms with van der Waals surface area (Å²) < 4.78 is 29.8. The number of aromatic nitrogens is 2. The molecule has 1 aromatic heterocycles. The van der Waals surface area contributed by atoms with Crippen LogP contribution >= 0.6 is 0 Å². The summed E-state index contributed by atoms with van der Waals surface area (Å²) in [6, 6.07) is 19.4. The first-order valence-electron chi connectivity index (χ1n) is 12.3. The topological polar surface area (TPSA) is 127 Å². The number of alkyl carbamates (subject to hydrolysis) is 1. The Kier molecular flexibility index (Phi) is 9.81. The van der Waals surface area contributed by atoms with Gasteiger partial charge in [-0.1, -0.05) is 42.5 Å². The minimum Gasteiger partial charge on any atom is -0.493 e. The van der Waals surface area contributed by atoms with Gasteiger partial charge < -0.3 is 24.5 Å². The van der Waals surface area contributed by atoms with E-state index in [0.29, 0.717) is 28.3 Å². The Labute approximate surface area is 230 Å². The van der Waals surface area contributed by atoms with Crippen LogP contribution in [0.4, 0.5) is 9.18 Å². The van der Waals surface area contributed by atoms with E-state index < -0.39 is 18.0 Å². The van der Waals surface area contributed by atoms with E-state index in [9.17, 15) is 14.0 Å². The van der Waals surface area contributed by atoms with E-state index in [0.717, 1.165) is 5.56 Å². The zero-order valence-corrected chi connectivity index (χ0v) is 21.7. The molecule has 10 nitrogen and oxygen atoms in total. The van der Waals surface area contributed by atoms with Gasteiger partial charge in [0.1, 0.15) is 25.1 Å². The molecule has 11 heteroatoms. The number of hydrogen-bond acceptors (Lipinski definition) is 7. The minimum absolute atomic E-state index is 0.0625. The summed E-state index contributed by atoms with van der Waals surface area (Å²) in [5.74, 6) is 0.00897. The number of nitrogens with zero attached hydrogens (tertiary/aromatic N) is 2. The quantitative estimate of drug-likeness (QED) is 0.182. The largest absolute Gasteiger partial charge is 0.493 e. The second kappa shape index (κ2) is 14.1. The molecule has 0 unspecified atom stereocenters. The normalized spacial score (nSPS) is 11.6. The molecule has 4 rings (SSSR count).